The fourth-order valence-corrected chi connectivity index (χ4v) is 3.35. The van der Waals surface area contributed by atoms with Crippen LogP contribution in [0.4, 0.5) is 0 Å². The van der Waals surface area contributed by atoms with Gasteiger partial charge in [0.2, 0.25) is 0 Å². The molecule has 2 fully saturated rings. The summed E-state index contributed by atoms with van der Waals surface area (Å²) in [6, 6.07) is 5.51. The van der Waals surface area contributed by atoms with Gasteiger partial charge in [-0.3, -0.25) is 4.79 Å². The van der Waals surface area contributed by atoms with Crippen molar-refractivity contribution in [3.05, 3.63) is 33.8 Å². The van der Waals surface area contributed by atoms with E-state index in [4.69, 9.17) is 23.2 Å². The molecule has 1 unspecified atom stereocenters. The van der Waals surface area contributed by atoms with Crippen molar-refractivity contribution in [1.82, 2.24) is 10.2 Å². The maximum absolute atomic E-state index is 12.8. The minimum absolute atomic E-state index is 0.0252. The van der Waals surface area contributed by atoms with Crippen molar-refractivity contribution >= 4 is 29.1 Å². The quantitative estimate of drug-likeness (QED) is 0.896. The van der Waals surface area contributed by atoms with Gasteiger partial charge in [0.25, 0.3) is 5.91 Å². The minimum Gasteiger partial charge on any atom is -0.337 e. The number of benzene rings is 1. The SMILES string of the molecule is O=C(c1ccc(Cl)cc1Cl)N(CC1CC1)CC1CCCN1. The van der Waals surface area contributed by atoms with Crippen molar-refractivity contribution in [1.29, 1.82) is 0 Å². The second kappa shape index (κ2) is 6.55. The Hall–Kier alpha value is -0.770. The van der Waals surface area contributed by atoms with E-state index < -0.39 is 0 Å². The lowest BCUT2D eigenvalue weighted by Gasteiger charge is -2.26. The Labute approximate surface area is 135 Å². The molecule has 1 aromatic carbocycles. The van der Waals surface area contributed by atoms with Gasteiger partial charge in [-0.25, -0.2) is 0 Å². The third kappa shape index (κ3) is 3.91. The van der Waals surface area contributed by atoms with Gasteiger partial charge >= 0.3 is 0 Å². The number of nitrogens with zero attached hydrogens (tertiary/aromatic N) is 1. The minimum atomic E-state index is 0.0252. The molecular weight excluding hydrogens is 307 g/mol. The summed E-state index contributed by atoms with van der Waals surface area (Å²) in [5, 5.41) is 4.46. The summed E-state index contributed by atoms with van der Waals surface area (Å²) in [4.78, 5) is 14.8. The molecule has 1 aliphatic heterocycles. The third-order valence-corrected chi connectivity index (χ3v) is 4.78. The van der Waals surface area contributed by atoms with Gasteiger partial charge < -0.3 is 10.2 Å². The topological polar surface area (TPSA) is 32.3 Å². The van der Waals surface area contributed by atoms with Crippen molar-refractivity contribution < 1.29 is 4.79 Å². The molecule has 0 spiro atoms. The van der Waals surface area contributed by atoms with Gasteiger partial charge in [0.15, 0.2) is 0 Å². The Balaban J connectivity index is 1.75. The third-order valence-electron chi connectivity index (χ3n) is 4.23. The van der Waals surface area contributed by atoms with E-state index >= 15 is 0 Å². The van der Waals surface area contributed by atoms with E-state index in [1.807, 2.05) is 4.90 Å². The molecule has 2 aliphatic rings. The summed E-state index contributed by atoms with van der Waals surface area (Å²) in [5.41, 5.74) is 0.555. The van der Waals surface area contributed by atoms with Gasteiger partial charge in [0.05, 0.1) is 10.6 Å². The number of carbonyl (C=O) groups excluding carboxylic acids is 1. The van der Waals surface area contributed by atoms with Crippen LogP contribution in [-0.4, -0.2) is 36.5 Å². The summed E-state index contributed by atoms with van der Waals surface area (Å²) >= 11 is 12.1. The molecule has 1 N–H and O–H groups in total. The van der Waals surface area contributed by atoms with Crippen LogP contribution in [0.15, 0.2) is 18.2 Å². The zero-order valence-corrected chi connectivity index (χ0v) is 13.5. The van der Waals surface area contributed by atoms with Gasteiger partial charge in [0, 0.05) is 24.2 Å². The van der Waals surface area contributed by atoms with Gasteiger partial charge in [0.1, 0.15) is 0 Å². The largest absolute Gasteiger partial charge is 0.337 e. The predicted octanol–water partition coefficient (Wildman–Crippen LogP) is 3.60. The van der Waals surface area contributed by atoms with Crippen LogP contribution in [0.3, 0.4) is 0 Å². The number of hydrogen-bond acceptors (Lipinski definition) is 2. The molecule has 1 saturated carbocycles. The lowest BCUT2D eigenvalue weighted by atomic mass is 10.1. The van der Waals surface area contributed by atoms with Crippen molar-refractivity contribution in [3.8, 4) is 0 Å². The Bertz CT molecular complexity index is 525. The Morgan fingerprint density at radius 2 is 2.05 bits per heavy atom. The summed E-state index contributed by atoms with van der Waals surface area (Å²) in [7, 11) is 0. The van der Waals surface area contributed by atoms with E-state index in [-0.39, 0.29) is 5.91 Å². The second-order valence-corrected chi connectivity index (χ2v) is 6.91. The van der Waals surface area contributed by atoms with Crippen molar-refractivity contribution in [2.45, 2.75) is 31.7 Å². The van der Waals surface area contributed by atoms with Crippen LogP contribution in [0.25, 0.3) is 0 Å². The van der Waals surface area contributed by atoms with Crippen LogP contribution in [0.5, 0.6) is 0 Å². The van der Waals surface area contributed by atoms with Crippen LogP contribution in [-0.2, 0) is 0 Å². The molecule has 21 heavy (non-hydrogen) atoms. The summed E-state index contributed by atoms with van der Waals surface area (Å²) < 4.78 is 0. The number of carbonyl (C=O) groups is 1. The number of hydrogen-bond donors (Lipinski definition) is 1. The highest BCUT2D eigenvalue weighted by molar-refractivity contribution is 6.36. The van der Waals surface area contributed by atoms with Crippen LogP contribution < -0.4 is 5.32 Å². The maximum atomic E-state index is 12.8. The smallest absolute Gasteiger partial charge is 0.255 e. The first-order valence-corrected chi connectivity index (χ1v) is 8.37. The highest BCUT2D eigenvalue weighted by atomic mass is 35.5. The first-order valence-electron chi connectivity index (χ1n) is 7.61. The molecular formula is C16H20Cl2N2O. The molecule has 0 radical (unpaired) electrons. The first-order chi connectivity index (χ1) is 10.1. The molecule has 5 heteroatoms. The fourth-order valence-electron chi connectivity index (χ4n) is 2.86. The maximum Gasteiger partial charge on any atom is 0.255 e. The number of halogens is 2. The molecule has 1 aromatic rings. The predicted molar refractivity (Wildman–Crippen MR) is 86.1 cm³/mol. The molecule has 0 bridgehead atoms. The van der Waals surface area contributed by atoms with E-state index in [1.165, 1.54) is 19.3 Å². The summed E-state index contributed by atoms with van der Waals surface area (Å²) in [5.74, 6) is 0.693. The van der Waals surface area contributed by atoms with E-state index in [0.717, 1.165) is 26.1 Å². The Kier molecular flexibility index (Phi) is 4.72. The van der Waals surface area contributed by atoms with Crippen LogP contribution in [0.1, 0.15) is 36.0 Å². The van der Waals surface area contributed by atoms with Gasteiger partial charge in [-0.15, -0.1) is 0 Å². The normalized spacial score (nSPS) is 21.5. The lowest BCUT2D eigenvalue weighted by Crippen LogP contribution is -2.42. The average molecular weight is 327 g/mol. The fraction of sp³-hybridized carbons (Fsp3) is 0.562. The zero-order chi connectivity index (χ0) is 14.8. The molecule has 1 amide bonds. The lowest BCUT2D eigenvalue weighted by molar-refractivity contribution is 0.0734. The molecule has 0 aromatic heterocycles. The van der Waals surface area contributed by atoms with Gasteiger partial charge in [-0.1, -0.05) is 23.2 Å². The van der Waals surface area contributed by atoms with E-state index in [0.29, 0.717) is 27.6 Å². The van der Waals surface area contributed by atoms with E-state index in [2.05, 4.69) is 5.32 Å². The molecule has 1 aliphatic carbocycles. The van der Waals surface area contributed by atoms with E-state index in [1.54, 1.807) is 18.2 Å². The van der Waals surface area contributed by atoms with Crippen LogP contribution in [0.2, 0.25) is 10.0 Å². The van der Waals surface area contributed by atoms with Gasteiger partial charge in [-0.05, 0) is 56.3 Å². The van der Waals surface area contributed by atoms with Gasteiger partial charge in [-0.2, -0.15) is 0 Å². The Morgan fingerprint density at radius 3 is 2.67 bits per heavy atom. The number of amides is 1. The number of rotatable bonds is 5. The molecule has 1 heterocycles. The van der Waals surface area contributed by atoms with E-state index in [9.17, 15) is 4.79 Å². The molecule has 3 nitrogen and oxygen atoms in total. The standard InChI is InChI=1S/C16H20Cl2N2O/c17-12-5-6-14(15(18)8-12)16(21)20(9-11-3-4-11)10-13-2-1-7-19-13/h5-6,8,11,13,19H,1-4,7,9-10H2. The molecule has 114 valence electrons. The van der Waals surface area contributed by atoms with Crippen LogP contribution >= 0.6 is 23.2 Å². The second-order valence-electron chi connectivity index (χ2n) is 6.07. The molecule has 1 saturated heterocycles. The monoisotopic (exact) mass is 326 g/mol. The zero-order valence-electron chi connectivity index (χ0n) is 11.9. The van der Waals surface area contributed by atoms with Crippen molar-refractivity contribution in [3.63, 3.8) is 0 Å². The van der Waals surface area contributed by atoms with Crippen LogP contribution in [0, 0.1) is 5.92 Å². The highest BCUT2D eigenvalue weighted by Crippen LogP contribution is 2.31. The number of nitrogens with one attached hydrogen (secondary N) is 1. The average Bonchev–Trinajstić information content (AvgIpc) is 3.11. The molecule has 3 rings (SSSR count). The summed E-state index contributed by atoms with van der Waals surface area (Å²) in [6.45, 7) is 2.67. The first kappa shape index (κ1) is 15.1. The molecule has 1 atom stereocenters. The summed E-state index contributed by atoms with van der Waals surface area (Å²) in [6.07, 6.45) is 4.80. The van der Waals surface area contributed by atoms with Crippen molar-refractivity contribution in [2.75, 3.05) is 19.6 Å². The highest BCUT2D eigenvalue weighted by Gasteiger charge is 2.30. The Morgan fingerprint density at radius 1 is 1.24 bits per heavy atom. The van der Waals surface area contributed by atoms with Crippen molar-refractivity contribution in [2.24, 2.45) is 5.92 Å².